The van der Waals surface area contributed by atoms with Crippen LogP contribution >= 0.6 is 0 Å². The Morgan fingerprint density at radius 3 is 2.60 bits per heavy atom. The molecule has 5 heteroatoms. The fourth-order valence-electron chi connectivity index (χ4n) is 2.11. The summed E-state index contributed by atoms with van der Waals surface area (Å²) in [6.45, 7) is 4.27. The number of carbonyl (C=O) groups excluding carboxylic acids is 1. The van der Waals surface area contributed by atoms with Crippen LogP contribution in [0.5, 0.6) is 5.75 Å². The molecule has 1 N–H and O–H groups in total. The second-order valence-corrected chi connectivity index (χ2v) is 4.98. The smallest absolute Gasteiger partial charge is 0.260 e. The molecular formula is C15H21NO4. The standard InChI is InChI=1S/C15H21NO4/c1-12(17)10-13-2-4-14(5-3-13)20-11-15(18)16-6-8-19-9-7-16/h2-5,12,17H,6-11H2,1H3. The van der Waals surface area contributed by atoms with E-state index in [1.807, 2.05) is 24.3 Å². The Morgan fingerprint density at radius 1 is 1.35 bits per heavy atom. The summed E-state index contributed by atoms with van der Waals surface area (Å²) in [7, 11) is 0. The number of amides is 1. The monoisotopic (exact) mass is 279 g/mol. The Hall–Kier alpha value is -1.59. The molecule has 0 aliphatic carbocycles. The van der Waals surface area contributed by atoms with Crippen molar-refractivity contribution in [3.8, 4) is 5.75 Å². The van der Waals surface area contributed by atoms with E-state index in [9.17, 15) is 9.90 Å². The fourth-order valence-corrected chi connectivity index (χ4v) is 2.11. The van der Waals surface area contributed by atoms with Gasteiger partial charge in [-0.1, -0.05) is 12.1 Å². The van der Waals surface area contributed by atoms with Crippen LogP contribution in [0.1, 0.15) is 12.5 Å². The molecule has 1 saturated heterocycles. The number of morpholine rings is 1. The summed E-state index contributed by atoms with van der Waals surface area (Å²) in [6, 6.07) is 7.46. The Kier molecular flexibility index (Phi) is 5.38. The van der Waals surface area contributed by atoms with Gasteiger partial charge in [-0.2, -0.15) is 0 Å². The maximum absolute atomic E-state index is 11.9. The first-order valence-electron chi connectivity index (χ1n) is 6.90. The number of carbonyl (C=O) groups is 1. The largest absolute Gasteiger partial charge is 0.484 e. The van der Waals surface area contributed by atoms with Gasteiger partial charge in [-0.05, 0) is 31.0 Å². The summed E-state index contributed by atoms with van der Waals surface area (Å²) in [5.74, 6) is 0.655. The molecule has 1 aromatic carbocycles. The Balaban J connectivity index is 1.79. The Labute approximate surface area is 119 Å². The first-order chi connectivity index (χ1) is 9.65. The lowest BCUT2D eigenvalue weighted by molar-refractivity contribution is -0.137. The van der Waals surface area contributed by atoms with Crippen LogP contribution in [-0.4, -0.2) is 54.9 Å². The second kappa shape index (κ2) is 7.26. The van der Waals surface area contributed by atoms with Crippen molar-refractivity contribution < 1.29 is 19.4 Å². The molecule has 0 bridgehead atoms. The van der Waals surface area contributed by atoms with E-state index in [0.717, 1.165) is 5.56 Å². The topological polar surface area (TPSA) is 59.0 Å². The average molecular weight is 279 g/mol. The molecule has 1 heterocycles. The highest BCUT2D eigenvalue weighted by atomic mass is 16.5. The molecule has 1 fully saturated rings. The van der Waals surface area contributed by atoms with E-state index < -0.39 is 0 Å². The highest BCUT2D eigenvalue weighted by molar-refractivity contribution is 5.77. The van der Waals surface area contributed by atoms with E-state index in [-0.39, 0.29) is 18.6 Å². The minimum atomic E-state index is -0.357. The molecule has 1 aliphatic heterocycles. The van der Waals surface area contributed by atoms with Crippen LogP contribution in [-0.2, 0) is 16.0 Å². The van der Waals surface area contributed by atoms with Crippen molar-refractivity contribution in [3.05, 3.63) is 29.8 Å². The van der Waals surface area contributed by atoms with Gasteiger partial charge in [0, 0.05) is 13.1 Å². The molecule has 0 spiro atoms. The summed E-state index contributed by atoms with van der Waals surface area (Å²) in [6.07, 6.45) is 0.261. The van der Waals surface area contributed by atoms with Crippen LogP contribution < -0.4 is 4.74 Å². The number of aliphatic hydroxyl groups excluding tert-OH is 1. The van der Waals surface area contributed by atoms with Gasteiger partial charge in [-0.15, -0.1) is 0 Å². The van der Waals surface area contributed by atoms with Crippen molar-refractivity contribution >= 4 is 5.91 Å². The molecule has 110 valence electrons. The summed E-state index contributed by atoms with van der Waals surface area (Å²) >= 11 is 0. The molecule has 1 amide bonds. The molecular weight excluding hydrogens is 258 g/mol. The van der Waals surface area contributed by atoms with Crippen LogP contribution in [0.25, 0.3) is 0 Å². The van der Waals surface area contributed by atoms with Gasteiger partial charge in [0.2, 0.25) is 0 Å². The summed E-state index contributed by atoms with van der Waals surface area (Å²) < 4.78 is 10.7. The normalized spacial score (nSPS) is 16.8. The third-order valence-electron chi connectivity index (χ3n) is 3.18. The van der Waals surface area contributed by atoms with Gasteiger partial charge in [0.15, 0.2) is 6.61 Å². The van der Waals surface area contributed by atoms with Gasteiger partial charge < -0.3 is 19.5 Å². The lowest BCUT2D eigenvalue weighted by atomic mass is 10.1. The highest BCUT2D eigenvalue weighted by Crippen LogP contribution is 2.13. The molecule has 1 unspecified atom stereocenters. The molecule has 2 rings (SSSR count). The van der Waals surface area contributed by atoms with Crippen LogP contribution in [0.4, 0.5) is 0 Å². The summed E-state index contributed by atoms with van der Waals surface area (Å²) in [5.41, 5.74) is 1.05. The first-order valence-corrected chi connectivity index (χ1v) is 6.90. The van der Waals surface area contributed by atoms with Crippen molar-refractivity contribution in [3.63, 3.8) is 0 Å². The Morgan fingerprint density at radius 2 is 2.00 bits per heavy atom. The fraction of sp³-hybridized carbons (Fsp3) is 0.533. The average Bonchev–Trinajstić information content (AvgIpc) is 2.46. The maximum Gasteiger partial charge on any atom is 0.260 e. The number of hydrogen-bond donors (Lipinski definition) is 1. The molecule has 1 aromatic rings. The molecule has 0 radical (unpaired) electrons. The maximum atomic E-state index is 11.9. The van der Waals surface area contributed by atoms with E-state index in [1.165, 1.54) is 0 Å². The van der Waals surface area contributed by atoms with Crippen LogP contribution in [0.3, 0.4) is 0 Å². The van der Waals surface area contributed by atoms with Crippen molar-refractivity contribution in [2.24, 2.45) is 0 Å². The van der Waals surface area contributed by atoms with Crippen molar-refractivity contribution in [1.29, 1.82) is 0 Å². The van der Waals surface area contributed by atoms with Gasteiger partial charge in [-0.3, -0.25) is 4.79 Å². The zero-order valence-electron chi connectivity index (χ0n) is 11.7. The van der Waals surface area contributed by atoms with Gasteiger partial charge in [0.05, 0.1) is 19.3 Å². The minimum absolute atomic E-state index is 0.0126. The quantitative estimate of drug-likeness (QED) is 0.868. The van der Waals surface area contributed by atoms with E-state index in [1.54, 1.807) is 11.8 Å². The molecule has 1 aliphatic rings. The lowest BCUT2D eigenvalue weighted by Gasteiger charge is -2.26. The van der Waals surface area contributed by atoms with Crippen LogP contribution in [0.15, 0.2) is 24.3 Å². The van der Waals surface area contributed by atoms with E-state index in [2.05, 4.69) is 0 Å². The molecule has 1 atom stereocenters. The van der Waals surface area contributed by atoms with Crippen LogP contribution in [0.2, 0.25) is 0 Å². The number of rotatable bonds is 5. The van der Waals surface area contributed by atoms with E-state index >= 15 is 0 Å². The summed E-state index contributed by atoms with van der Waals surface area (Å²) in [4.78, 5) is 13.7. The van der Waals surface area contributed by atoms with E-state index in [4.69, 9.17) is 9.47 Å². The number of hydrogen-bond acceptors (Lipinski definition) is 4. The zero-order chi connectivity index (χ0) is 14.4. The third kappa shape index (κ3) is 4.51. The SMILES string of the molecule is CC(O)Cc1ccc(OCC(=O)N2CCOCC2)cc1. The predicted octanol–water partition coefficient (Wildman–Crippen LogP) is 0.847. The van der Waals surface area contributed by atoms with Crippen molar-refractivity contribution in [1.82, 2.24) is 4.90 Å². The third-order valence-corrected chi connectivity index (χ3v) is 3.18. The van der Waals surface area contributed by atoms with Crippen molar-refractivity contribution in [2.45, 2.75) is 19.4 Å². The van der Waals surface area contributed by atoms with Gasteiger partial charge in [0.1, 0.15) is 5.75 Å². The molecule has 0 aromatic heterocycles. The first kappa shape index (κ1) is 14.8. The number of aliphatic hydroxyl groups is 1. The zero-order valence-corrected chi connectivity index (χ0v) is 11.7. The summed E-state index contributed by atoms with van der Waals surface area (Å²) in [5, 5.41) is 9.30. The van der Waals surface area contributed by atoms with Crippen LogP contribution in [0, 0.1) is 0 Å². The van der Waals surface area contributed by atoms with E-state index in [0.29, 0.717) is 38.5 Å². The van der Waals surface area contributed by atoms with Crippen molar-refractivity contribution in [2.75, 3.05) is 32.9 Å². The predicted molar refractivity (Wildman–Crippen MR) is 74.7 cm³/mol. The number of nitrogens with zero attached hydrogens (tertiary/aromatic N) is 1. The second-order valence-electron chi connectivity index (χ2n) is 4.98. The van der Waals surface area contributed by atoms with Gasteiger partial charge in [-0.25, -0.2) is 0 Å². The van der Waals surface area contributed by atoms with Gasteiger partial charge in [0.25, 0.3) is 5.91 Å². The Bertz CT molecular complexity index is 424. The molecule has 0 saturated carbocycles. The molecule has 20 heavy (non-hydrogen) atoms. The number of benzene rings is 1. The number of ether oxygens (including phenoxy) is 2. The molecule has 5 nitrogen and oxygen atoms in total. The lowest BCUT2D eigenvalue weighted by Crippen LogP contribution is -2.42. The minimum Gasteiger partial charge on any atom is -0.484 e. The highest BCUT2D eigenvalue weighted by Gasteiger charge is 2.16. The van der Waals surface area contributed by atoms with Gasteiger partial charge >= 0.3 is 0 Å².